The Labute approximate surface area is 114 Å². The van der Waals surface area contributed by atoms with Gasteiger partial charge in [-0.25, -0.2) is 15.8 Å². The number of anilines is 2. The average Bonchev–Trinajstić information content (AvgIpc) is 2.62. The molecule has 2 unspecified atom stereocenters. The summed E-state index contributed by atoms with van der Waals surface area (Å²) in [5.41, 5.74) is 2.56. The van der Waals surface area contributed by atoms with E-state index in [-0.39, 0.29) is 6.10 Å². The number of nitrogen functional groups attached to an aromatic ring is 1. The first-order valence-corrected chi connectivity index (χ1v) is 6.93. The first-order valence-electron chi connectivity index (χ1n) is 6.14. The fourth-order valence-corrected chi connectivity index (χ4v) is 3.66. The molecule has 2 aliphatic heterocycles. The number of hydrazine groups is 1. The SMILES string of the molecule is NNc1ncnc(N2C3CCC2CC(O)C3)c1Br. The van der Waals surface area contributed by atoms with E-state index in [0.717, 1.165) is 36.0 Å². The number of aromatic nitrogens is 2. The number of fused-ring (bicyclic) bond motifs is 2. The van der Waals surface area contributed by atoms with Crippen molar-refractivity contribution in [2.24, 2.45) is 5.84 Å². The molecular formula is C11H16BrN5O. The van der Waals surface area contributed by atoms with Gasteiger partial charge in [0.1, 0.15) is 16.6 Å². The van der Waals surface area contributed by atoms with E-state index in [1.54, 1.807) is 0 Å². The minimum absolute atomic E-state index is 0.175. The van der Waals surface area contributed by atoms with Crippen LogP contribution in [0, 0.1) is 0 Å². The molecule has 2 fully saturated rings. The molecule has 4 N–H and O–H groups in total. The lowest BCUT2D eigenvalue weighted by atomic mass is 10.00. The molecule has 0 radical (unpaired) electrons. The zero-order valence-electron chi connectivity index (χ0n) is 9.88. The fourth-order valence-electron chi connectivity index (χ4n) is 3.14. The van der Waals surface area contributed by atoms with Gasteiger partial charge in [-0.3, -0.25) is 0 Å². The van der Waals surface area contributed by atoms with Crippen molar-refractivity contribution in [1.29, 1.82) is 0 Å². The zero-order valence-corrected chi connectivity index (χ0v) is 11.5. The van der Waals surface area contributed by atoms with E-state index >= 15 is 0 Å². The predicted molar refractivity (Wildman–Crippen MR) is 72.1 cm³/mol. The van der Waals surface area contributed by atoms with Crippen LogP contribution in [0.5, 0.6) is 0 Å². The average molecular weight is 314 g/mol. The molecular weight excluding hydrogens is 298 g/mol. The largest absolute Gasteiger partial charge is 0.393 e. The number of piperidine rings is 1. The quantitative estimate of drug-likeness (QED) is 0.558. The lowest BCUT2D eigenvalue weighted by Crippen LogP contribution is -2.45. The Morgan fingerprint density at radius 2 is 2.00 bits per heavy atom. The van der Waals surface area contributed by atoms with Gasteiger partial charge in [-0.1, -0.05) is 0 Å². The van der Waals surface area contributed by atoms with E-state index in [1.807, 2.05) is 0 Å². The van der Waals surface area contributed by atoms with Crippen LogP contribution in [0.15, 0.2) is 10.8 Å². The summed E-state index contributed by atoms with van der Waals surface area (Å²) in [4.78, 5) is 10.7. The number of nitrogens with two attached hydrogens (primary N) is 1. The highest BCUT2D eigenvalue weighted by Gasteiger charge is 2.41. The molecule has 1 aromatic heterocycles. The molecule has 2 bridgehead atoms. The van der Waals surface area contributed by atoms with Crippen LogP contribution in [0.3, 0.4) is 0 Å². The minimum atomic E-state index is -0.175. The van der Waals surface area contributed by atoms with Crippen LogP contribution in [0.1, 0.15) is 25.7 Å². The monoisotopic (exact) mass is 313 g/mol. The standard InChI is InChI=1S/C11H16BrN5O/c12-9-10(16-13)14-5-15-11(9)17-6-1-2-7(17)4-8(18)3-6/h5-8,18H,1-4,13H2,(H,14,15,16). The van der Waals surface area contributed by atoms with Crippen molar-refractivity contribution in [3.63, 3.8) is 0 Å². The van der Waals surface area contributed by atoms with Gasteiger partial charge in [0.05, 0.1) is 6.10 Å². The van der Waals surface area contributed by atoms with Crippen LogP contribution in [-0.4, -0.2) is 33.3 Å². The van der Waals surface area contributed by atoms with Crippen molar-refractivity contribution in [1.82, 2.24) is 9.97 Å². The molecule has 0 aliphatic carbocycles. The topological polar surface area (TPSA) is 87.3 Å². The molecule has 6 nitrogen and oxygen atoms in total. The summed E-state index contributed by atoms with van der Waals surface area (Å²) in [5, 5.41) is 9.82. The van der Waals surface area contributed by atoms with Crippen molar-refractivity contribution in [3.8, 4) is 0 Å². The maximum absolute atomic E-state index is 9.82. The zero-order chi connectivity index (χ0) is 12.7. The second kappa shape index (κ2) is 4.64. The molecule has 0 aromatic carbocycles. The summed E-state index contributed by atoms with van der Waals surface area (Å²) in [5.74, 6) is 6.89. The van der Waals surface area contributed by atoms with Crippen molar-refractivity contribution in [3.05, 3.63) is 10.8 Å². The summed E-state index contributed by atoms with van der Waals surface area (Å²) in [6.07, 6.45) is 5.20. The molecule has 18 heavy (non-hydrogen) atoms. The maximum Gasteiger partial charge on any atom is 0.159 e. The Kier molecular flexibility index (Phi) is 3.13. The van der Waals surface area contributed by atoms with Gasteiger partial charge < -0.3 is 15.4 Å². The van der Waals surface area contributed by atoms with Gasteiger partial charge in [-0.2, -0.15) is 0 Å². The molecule has 98 valence electrons. The van der Waals surface area contributed by atoms with Crippen molar-refractivity contribution in [2.45, 2.75) is 43.9 Å². The second-order valence-electron chi connectivity index (χ2n) is 4.92. The first-order chi connectivity index (χ1) is 8.70. The van der Waals surface area contributed by atoms with Gasteiger partial charge in [0.2, 0.25) is 0 Å². The molecule has 3 rings (SSSR count). The van der Waals surface area contributed by atoms with E-state index in [2.05, 4.69) is 36.2 Å². The number of nitrogens with zero attached hydrogens (tertiary/aromatic N) is 3. The van der Waals surface area contributed by atoms with E-state index < -0.39 is 0 Å². The van der Waals surface area contributed by atoms with E-state index in [9.17, 15) is 5.11 Å². The number of halogens is 1. The van der Waals surface area contributed by atoms with Crippen LogP contribution in [0.2, 0.25) is 0 Å². The number of aliphatic hydroxyl groups is 1. The van der Waals surface area contributed by atoms with Crippen LogP contribution in [-0.2, 0) is 0 Å². The Morgan fingerprint density at radius 3 is 2.61 bits per heavy atom. The maximum atomic E-state index is 9.82. The molecule has 0 saturated carbocycles. The summed E-state index contributed by atoms with van der Waals surface area (Å²) < 4.78 is 0.792. The summed E-state index contributed by atoms with van der Waals surface area (Å²) in [7, 11) is 0. The van der Waals surface area contributed by atoms with Gasteiger partial charge in [0, 0.05) is 12.1 Å². The van der Waals surface area contributed by atoms with Crippen LogP contribution >= 0.6 is 15.9 Å². The van der Waals surface area contributed by atoms with Crippen LogP contribution in [0.4, 0.5) is 11.6 Å². The van der Waals surface area contributed by atoms with Crippen molar-refractivity contribution >= 4 is 27.6 Å². The molecule has 2 aliphatic rings. The third-order valence-corrected chi connectivity index (χ3v) is 4.59. The lowest BCUT2D eigenvalue weighted by Gasteiger charge is -2.38. The van der Waals surface area contributed by atoms with E-state index in [4.69, 9.17) is 5.84 Å². The van der Waals surface area contributed by atoms with Gasteiger partial charge in [-0.05, 0) is 41.6 Å². The summed E-state index contributed by atoms with van der Waals surface area (Å²) in [6.45, 7) is 0. The van der Waals surface area contributed by atoms with Gasteiger partial charge in [0.25, 0.3) is 0 Å². The number of hydrogen-bond donors (Lipinski definition) is 3. The third-order valence-electron chi connectivity index (χ3n) is 3.86. The number of rotatable bonds is 2. The molecule has 1 aromatic rings. The van der Waals surface area contributed by atoms with E-state index in [0.29, 0.717) is 17.9 Å². The van der Waals surface area contributed by atoms with Gasteiger partial charge >= 0.3 is 0 Å². The number of hydrogen-bond acceptors (Lipinski definition) is 6. The van der Waals surface area contributed by atoms with Crippen LogP contribution in [0.25, 0.3) is 0 Å². The Bertz CT molecular complexity index is 443. The molecule has 2 saturated heterocycles. The molecule has 3 heterocycles. The molecule has 7 heteroatoms. The normalized spacial score (nSPS) is 30.6. The highest BCUT2D eigenvalue weighted by molar-refractivity contribution is 9.10. The lowest BCUT2D eigenvalue weighted by molar-refractivity contribution is 0.126. The molecule has 0 amide bonds. The Balaban J connectivity index is 1.96. The number of nitrogens with one attached hydrogen (secondary N) is 1. The van der Waals surface area contributed by atoms with Crippen LogP contribution < -0.4 is 16.2 Å². The highest BCUT2D eigenvalue weighted by atomic mass is 79.9. The predicted octanol–water partition coefficient (Wildman–Crippen LogP) is 1.02. The van der Waals surface area contributed by atoms with Crippen molar-refractivity contribution < 1.29 is 5.11 Å². The van der Waals surface area contributed by atoms with Gasteiger partial charge in [-0.15, -0.1) is 0 Å². The summed E-state index contributed by atoms with van der Waals surface area (Å²) >= 11 is 3.50. The summed E-state index contributed by atoms with van der Waals surface area (Å²) in [6, 6.07) is 0.742. The second-order valence-corrected chi connectivity index (χ2v) is 5.71. The highest BCUT2D eigenvalue weighted by Crippen LogP contribution is 2.42. The third kappa shape index (κ3) is 1.86. The minimum Gasteiger partial charge on any atom is -0.393 e. The van der Waals surface area contributed by atoms with Crippen molar-refractivity contribution in [2.75, 3.05) is 10.3 Å². The first kappa shape index (κ1) is 12.1. The van der Waals surface area contributed by atoms with Gasteiger partial charge in [0.15, 0.2) is 5.82 Å². The fraction of sp³-hybridized carbons (Fsp3) is 0.636. The smallest absolute Gasteiger partial charge is 0.159 e. The number of aliphatic hydroxyl groups excluding tert-OH is 1. The molecule has 0 spiro atoms. The Morgan fingerprint density at radius 1 is 1.33 bits per heavy atom. The molecule has 2 atom stereocenters. The van der Waals surface area contributed by atoms with E-state index in [1.165, 1.54) is 6.33 Å². The Hall–Kier alpha value is -0.920.